The first-order chi connectivity index (χ1) is 10.7. The molecule has 0 unspecified atom stereocenters. The Morgan fingerprint density at radius 1 is 0.783 bits per heavy atom. The number of unbranched alkanes of at least 4 members (excludes halogenated alkanes) is 1. The molecule has 0 aliphatic heterocycles. The normalized spacial score (nSPS) is 12.4. The van der Waals surface area contributed by atoms with Gasteiger partial charge in [-0.05, 0) is 6.42 Å². The van der Waals surface area contributed by atoms with Gasteiger partial charge in [0.1, 0.15) is 6.61 Å². The molecule has 0 aromatic carbocycles. The summed E-state index contributed by atoms with van der Waals surface area (Å²) in [5.74, 6) is -8.16. The van der Waals surface area contributed by atoms with Gasteiger partial charge in [0, 0.05) is 6.61 Å². The largest absolute Gasteiger partial charge is 0.465 e. The molecule has 0 aliphatic rings. The number of hydrogen-bond acceptors (Lipinski definition) is 5. The van der Waals surface area contributed by atoms with Crippen LogP contribution in [-0.2, 0) is 23.7 Å². The van der Waals surface area contributed by atoms with Gasteiger partial charge < -0.3 is 18.9 Å². The topological polar surface area (TPSA) is 54.0 Å². The van der Waals surface area contributed by atoms with Crippen molar-refractivity contribution >= 4 is 5.97 Å². The molecule has 0 amide bonds. The van der Waals surface area contributed by atoms with Crippen molar-refractivity contribution in [2.75, 3.05) is 46.2 Å². The van der Waals surface area contributed by atoms with Crippen LogP contribution in [0.4, 0.5) is 22.0 Å². The highest BCUT2D eigenvalue weighted by molar-refractivity contribution is 5.78. The van der Waals surface area contributed by atoms with Crippen molar-refractivity contribution in [3.05, 3.63) is 0 Å². The van der Waals surface area contributed by atoms with E-state index in [1.54, 1.807) is 0 Å². The second kappa shape index (κ2) is 11.5. The van der Waals surface area contributed by atoms with Gasteiger partial charge in [0.05, 0.1) is 33.0 Å². The predicted octanol–water partition coefficient (Wildman–Crippen LogP) is 2.58. The fraction of sp³-hybridized carbons (Fsp3) is 0.923. The number of halogens is 5. The first-order valence-electron chi connectivity index (χ1n) is 7.08. The quantitative estimate of drug-likeness (QED) is 0.290. The number of esters is 1. The van der Waals surface area contributed by atoms with E-state index in [9.17, 15) is 26.7 Å². The molecular weight excluding hydrogens is 331 g/mol. The Kier molecular flexibility index (Phi) is 11.0. The summed E-state index contributed by atoms with van der Waals surface area (Å²) >= 11 is 0. The van der Waals surface area contributed by atoms with Gasteiger partial charge in [0.25, 0.3) is 0 Å². The van der Waals surface area contributed by atoms with Crippen LogP contribution < -0.4 is 0 Å². The Hall–Kier alpha value is -1.00. The maximum atomic E-state index is 12.5. The molecule has 0 aromatic heterocycles. The lowest BCUT2D eigenvalue weighted by atomic mass is 10.3. The van der Waals surface area contributed by atoms with Gasteiger partial charge in [-0.1, -0.05) is 13.3 Å². The minimum absolute atomic E-state index is 0.0855. The number of rotatable bonds is 13. The highest BCUT2D eigenvalue weighted by atomic mass is 19.4. The third kappa shape index (κ3) is 9.67. The second-order valence-corrected chi connectivity index (χ2v) is 4.40. The zero-order valence-electron chi connectivity index (χ0n) is 12.8. The lowest BCUT2D eigenvalue weighted by molar-refractivity contribution is -0.280. The van der Waals surface area contributed by atoms with Crippen molar-refractivity contribution in [1.82, 2.24) is 0 Å². The van der Waals surface area contributed by atoms with Crippen LogP contribution in [0.2, 0.25) is 0 Å². The van der Waals surface area contributed by atoms with Crippen LogP contribution in [0.5, 0.6) is 0 Å². The van der Waals surface area contributed by atoms with Crippen LogP contribution in [0.3, 0.4) is 0 Å². The van der Waals surface area contributed by atoms with Gasteiger partial charge in [-0.25, -0.2) is 4.79 Å². The fourth-order valence-electron chi connectivity index (χ4n) is 1.19. The monoisotopic (exact) mass is 352 g/mol. The van der Waals surface area contributed by atoms with Gasteiger partial charge in [-0.3, -0.25) is 0 Å². The van der Waals surface area contributed by atoms with E-state index in [-0.39, 0.29) is 19.8 Å². The van der Waals surface area contributed by atoms with Crippen LogP contribution >= 0.6 is 0 Å². The Morgan fingerprint density at radius 3 is 1.65 bits per heavy atom. The van der Waals surface area contributed by atoms with Crippen molar-refractivity contribution in [1.29, 1.82) is 0 Å². The summed E-state index contributed by atoms with van der Waals surface area (Å²) < 4.78 is 79.4. The molecule has 0 rings (SSSR count). The maximum Gasteiger partial charge on any atom is 0.465 e. The maximum absolute atomic E-state index is 12.5. The molecule has 138 valence electrons. The Bertz CT molecular complexity index is 322. The van der Waals surface area contributed by atoms with Crippen LogP contribution in [0, 0.1) is 0 Å². The second-order valence-electron chi connectivity index (χ2n) is 4.40. The molecule has 0 radical (unpaired) electrons. The van der Waals surface area contributed by atoms with Gasteiger partial charge in [0.15, 0.2) is 0 Å². The molecule has 0 heterocycles. The lowest BCUT2D eigenvalue weighted by Gasteiger charge is -2.17. The van der Waals surface area contributed by atoms with E-state index in [4.69, 9.17) is 14.2 Å². The molecule has 0 aromatic rings. The number of carbonyl (C=O) groups is 1. The van der Waals surface area contributed by atoms with Crippen LogP contribution in [-0.4, -0.2) is 64.3 Å². The van der Waals surface area contributed by atoms with Crippen molar-refractivity contribution in [2.24, 2.45) is 0 Å². The van der Waals surface area contributed by atoms with E-state index in [1.807, 2.05) is 6.92 Å². The molecule has 0 atom stereocenters. The Labute approximate surface area is 131 Å². The smallest absolute Gasteiger partial charge is 0.459 e. The van der Waals surface area contributed by atoms with E-state index >= 15 is 0 Å². The molecule has 23 heavy (non-hydrogen) atoms. The lowest BCUT2D eigenvalue weighted by Crippen LogP contribution is -2.45. The molecule has 0 aliphatic carbocycles. The number of hydrogen-bond donors (Lipinski definition) is 0. The standard InChI is InChI=1S/C13H21F5O5/c1-2-3-4-20-5-6-21-7-8-22-9-10-23-11(19)12(14,15)13(16,17)18/h2-10H2,1H3. The summed E-state index contributed by atoms with van der Waals surface area (Å²) in [6.45, 7) is 2.76. The van der Waals surface area contributed by atoms with Crippen LogP contribution in [0.15, 0.2) is 0 Å². The zero-order valence-corrected chi connectivity index (χ0v) is 12.8. The minimum atomic E-state index is -5.97. The Morgan fingerprint density at radius 2 is 1.22 bits per heavy atom. The minimum Gasteiger partial charge on any atom is -0.459 e. The van der Waals surface area contributed by atoms with E-state index < -0.39 is 24.7 Å². The third-order valence-electron chi connectivity index (χ3n) is 2.46. The molecule has 0 saturated heterocycles. The highest BCUT2D eigenvalue weighted by Crippen LogP contribution is 2.36. The van der Waals surface area contributed by atoms with Gasteiger partial charge in [-0.2, -0.15) is 22.0 Å². The highest BCUT2D eigenvalue weighted by Gasteiger charge is 2.64. The zero-order chi connectivity index (χ0) is 17.8. The molecule has 10 heteroatoms. The number of alkyl halides is 5. The van der Waals surface area contributed by atoms with Crippen LogP contribution in [0.25, 0.3) is 0 Å². The average molecular weight is 352 g/mol. The summed E-state index contributed by atoms with van der Waals surface area (Å²) in [6.07, 6.45) is -3.97. The van der Waals surface area contributed by atoms with Crippen molar-refractivity contribution in [3.8, 4) is 0 Å². The third-order valence-corrected chi connectivity index (χ3v) is 2.46. The van der Waals surface area contributed by atoms with Gasteiger partial charge in [0.2, 0.25) is 0 Å². The molecule has 5 nitrogen and oxygen atoms in total. The SMILES string of the molecule is CCCCOCCOCCOCCOC(=O)C(F)(F)C(F)(F)F. The van der Waals surface area contributed by atoms with E-state index in [0.717, 1.165) is 12.8 Å². The first kappa shape index (κ1) is 22.0. The number of carbonyl (C=O) groups excluding carboxylic acids is 1. The molecular formula is C13H21F5O5. The van der Waals surface area contributed by atoms with Crippen molar-refractivity contribution in [3.63, 3.8) is 0 Å². The van der Waals surface area contributed by atoms with Crippen molar-refractivity contribution in [2.45, 2.75) is 31.9 Å². The van der Waals surface area contributed by atoms with E-state index in [1.165, 1.54) is 0 Å². The summed E-state index contributed by atoms with van der Waals surface area (Å²) in [6, 6.07) is 0. The van der Waals surface area contributed by atoms with Crippen molar-refractivity contribution < 1.29 is 45.7 Å². The predicted molar refractivity (Wildman–Crippen MR) is 69.3 cm³/mol. The average Bonchev–Trinajstić information content (AvgIpc) is 2.47. The molecule has 0 N–H and O–H groups in total. The Balaban J connectivity index is 3.48. The summed E-state index contributed by atoms with van der Waals surface area (Å²) in [7, 11) is 0. The molecule has 0 bridgehead atoms. The summed E-state index contributed by atoms with van der Waals surface area (Å²) in [5.41, 5.74) is 0. The molecule has 0 saturated carbocycles. The number of ether oxygens (including phenoxy) is 4. The van der Waals surface area contributed by atoms with Crippen LogP contribution in [0.1, 0.15) is 19.8 Å². The summed E-state index contributed by atoms with van der Waals surface area (Å²) in [5, 5.41) is 0. The fourth-order valence-corrected chi connectivity index (χ4v) is 1.19. The molecule has 0 spiro atoms. The first-order valence-corrected chi connectivity index (χ1v) is 7.08. The van der Waals surface area contributed by atoms with E-state index in [0.29, 0.717) is 19.8 Å². The van der Waals surface area contributed by atoms with E-state index in [2.05, 4.69) is 4.74 Å². The van der Waals surface area contributed by atoms with Gasteiger partial charge in [-0.15, -0.1) is 0 Å². The van der Waals surface area contributed by atoms with Gasteiger partial charge >= 0.3 is 18.1 Å². The molecule has 0 fully saturated rings. The summed E-state index contributed by atoms with van der Waals surface area (Å²) in [4.78, 5) is 10.6.